The molecule has 0 radical (unpaired) electrons. The third-order valence-corrected chi connectivity index (χ3v) is 3.42. The van der Waals surface area contributed by atoms with Crippen molar-refractivity contribution < 1.29 is 9.21 Å². The molecule has 1 rings (SSSR count). The lowest BCUT2D eigenvalue weighted by Crippen LogP contribution is -2.49. The summed E-state index contributed by atoms with van der Waals surface area (Å²) in [7, 11) is 0. The molecule has 0 spiro atoms. The van der Waals surface area contributed by atoms with Crippen LogP contribution < -0.4 is 5.32 Å². The summed E-state index contributed by atoms with van der Waals surface area (Å²) in [6.45, 7) is 3.75. The molecule has 0 saturated carbocycles. The Kier molecular flexibility index (Phi) is 4.69. The second-order valence-corrected chi connectivity index (χ2v) is 4.44. The van der Waals surface area contributed by atoms with Crippen LogP contribution in [0.4, 0.5) is 0 Å². The molecule has 0 atom stereocenters. The molecular weight excluding hydrogens is 249 g/mol. The Bertz CT molecular complexity index is 359. The molecule has 5 heteroatoms. The van der Waals surface area contributed by atoms with Gasteiger partial charge in [-0.15, -0.1) is 23.2 Å². The van der Waals surface area contributed by atoms with Crippen molar-refractivity contribution in [2.24, 2.45) is 0 Å². The number of hydrogen-bond acceptors (Lipinski definition) is 2. The predicted molar refractivity (Wildman–Crippen MR) is 65.4 cm³/mol. The van der Waals surface area contributed by atoms with E-state index in [1.165, 1.54) is 0 Å². The summed E-state index contributed by atoms with van der Waals surface area (Å²) in [5.74, 6) is 1.29. The van der Waals surface area contributed by atoms with Crippen molar-refractivity contribution in [3.05, 3.63) is 23.7 Å². The van der Waals surface area contributed by atoms with Crippen molar-refractivity contribution in [3.8, 4) is 0 Å². The molecule has 1 aromatic heterocycles. The summed E-state index contributed by atoms with van der Waals surface area (Å²) in [5, 5.41) is 2.75. The monoisotopic (exact) mass is 263 g/mol. The molecule has 0 unspecified atom stereocenters. The van der Waals surface area contributed by atoms with E-state index in [1.807, 2.05) is 6.92 Å². The summed E-state index contributed by atoms with van der Waals surface area (Å²) in [6.07, 6.45) is 0.759. The average molecular weight is 264 g/mol. The molecule has 0 aromatic carbocycles. The van der Waals surface area contributed by atoms with E-state index in [-0.39, 0.29) is 17.7 Å². The Balaban J connectivity index is 2.71. The maximum atomic E-state index is 11.8. The molecule has 1 N–H and O–H groups in total. The summed E-state index contributed by atoms with van der Waals surface area (Å²) in [5.41, 5.74) is -0.612. The fourth-order valence-corrected chi connectivity index (χ4v) is 1.55. The SMILES string of the molecule is CCc1ccc(C(=O)NC(C)(CCl)CCl)o1. The van der Waals surface area contributed by atoms with Gasteiger partial charge in [0.05, 0.1) is 5.54 Å². The van der Waals surface area contributed by atoms with Gasteiger partial charge in [-0.25, -0.2) is 0 Å². The van der Waals surface area contributed by atoms with Crippen molar-refractivity contribution in [1.29, 1.82) is 0 Å². The highest BCUT2D eigenvalue weighted by Gasteiger charge is 2.26. The number of nitrogens with one attached hydrogen (secondary N) is 1. The van der Waals surface area contributed by atoms with Gasteiger partial charge < -0.3 is 9.73 Å². The van der Waals surface area contributed by atoms with Crippen LogP contribution in [0.1, 0.15) is 30.2 Å². The van der Waals surface area contributed by atoms with Gasteiger partial charge >= 0.3 is 0 Å². The Morgan fingerprint density at radius 1 is 1.44 bits per heavy atom. The zero-order valence-corrected chi connectivity index (χ0v) is 10.9. The molecule has 0 fully saturated rings. The van der Waals surface area contributed by atoms with Crippen molar-refractivity contribution in [1.82, 2.24) is 5.32 Å². The quantitative estimate of drug-likeness (QED) is 0.831. The molecule has 0 aliphatic rings. The molecule has 0 bridgehead atoms. The molecule has 90 valence electrons. The first-order valence-electron chi connectivity index (χ1n) is 5.08. The topological polar surface area (TPSA) is 42.2 Å². The molecule has 0 saturated heterocycles. The largest absolute Gasteiger partial charge is 0.456 e. The van der Waals surface area contributed by atoms with Crippen LogP contribution in [0, 0.1) is 0 Å². The van der Waals surface area contributed by atoms with E-state index in [2.05, 4.69) is 5.32 Å². The van der Waals surface area contributed by atoms with Crippen LogP contribution in [0.25, 0.3) is 0 Å². The molecule has 3 nitrogen and oxygen atoms in total. The second kappa shape index (κ2) is 5.60. The maximum Gasteiger partial charge on any atom is 0.287 e. The van der Waals surface area contributed by atoms with Gasteiger partial charge in [-0.05, 0) is 19.1 Å². The number of carbonyl (C=O) groups excluding carboxylic acids is 1. The summed E-state index contributed by atoms with van der Waals surface area (Å²) in [4.78, 5) is 11.8. The number of rotatable bonds is 5. The molecule has 0 aliphatic heterocycles. The molecule has 0 aliphatic carbocycles. The standard InChI is InChI=1S/C11H15Cl2NO2/c1-3-8-4-5-9(16-8)10(15)14-11(2,6-12)7-13/h4-5H,3,6-7H2,1-2H3,(H,14,15). The highest BCUT2D eigenvalue weighted by molar-refractivity contribution is 6.22. The van der Waals surface area contributed by atoms with Crippen LogP contribution in [-0.4, -0.2) is 23.2 Å². The molecule has 1 amide bonds. The number of furan rings is 1. The fraction of sp³-hybridized carbons (Fsp3) is 0.545. The molecule has 1 heterocycles. The van der Waals surface area contributed by atoms with E-state index in [4.69, 9.17) is 27.6 Å². The number of halogens is 2. The van der Waals surface area contributed by atoms with Gasteiger partial charge in [0, 0.05) is 18.2 Å². The molecule has 1 aromatic rings. The number of alkyl halides is 2. The zero-order chi connectivity index (χ0) is 12.2. The van der Waals surface area contributed by atoms with E-state index in [0.717, 1.165) is 12.2 Å². The van der Waals surface area contributed by atoms with Crippen molar-refractivity contribution in [3.63, 3.8) is 0 Å². The lowest BCUT2D eigenvalue weighted by molar-refractivity contribution is 0.0891. The summed E-state index contributed by atoms with van der Waals surface area (Å²) >= 11 is 11.5. The minimum absolute atomic E-state index is 0.254. The van der Waals surface area contributed by atoms with Crippen molar-refractivity contribution in [2.75, 3.05) is 11.8 Å². The second-order valence-electron chi connectivity index (χ2n) is 3.90. The van der Waals surface area contributed by atoms with Gasteiger partial charge in [-0.3, -0.25) is 4.79 Å². The van der Waals surface area contributed by atoms with E-state index in [1.54, 1.807) is 19.1 Å². The van der Waals surface area contributed by atoms with Crippen molar-refractivity contribution in [2.45, 2.75) is 25.8 Å². The lowest BCUT2D eigenvalue weighted by Gasteiger charge is -2.25. The van der Waals surface area contributed by atoms with Gasteiger partial charge in [0.15, 0.2) is 5.76 Å². The Hall–Kier alpha value is -0.670. The number of amides is 1. The Morgan fingerprint density at radius 2 is 2.06 bits per heavy atom. The Morgan fingerprint density at radius 3 is 2.50 bits per heavy atom. The van der Waals surface area contributed by atoms with Gasteiger partial charge in [0.1, 0.15) is 5.76 Å². The first-order chi connectivity index (χ1) is 7.54. The highest BCUT2D eigenvalue weighted by atomic mass is 35.5. The fourth-order valence-electron chi connectivity index (χ4n) is 1.13. The zero-order valence-electron chi connectivity index (χ0n) is 9.35. The van der Waals surface area contributed by atoms with Crippen LogP contribution in [0.15, 0.2) is 16.5 Å². The predicted octanol–water partition coefficient (Wildman–Crippen LogP) is 2.81. The number of carbonyl (C=O) groups is 1. The van der Waals surface area contributed by atoms with Gasteiger partial charge in [0.25, 0.3) is 5.91 Å². The first kappa shape index (κ1) is 13.4. The van der Waals surface area contributed by atoms with E-state index >= 15 is 0 Å². The Labute approximate surface area is 105 Å². The summed E-state index contributed by atoms with van der Waals surface area (Å²) < 4.78 is 5.33. The van der Waals surface area contributed by atoms with Crippen molar-refractivity contribution >= 4 is 29.1 Å². The van der Waals surface area contributed by atoms with Crippen LogP contribution in [-0.2, 0) is 6.42 Å². The smallest absolute Gasteiger partial charge is 0.287 e. The van der Waals surface area contributed by atoms with Gasteiger partial charge in [-0.2, -0.15) is 0 Å². The highest BCUT2D eigenvalue weighted by Crippen LogP contribution is 2.13. The van der Waals surface area contributed by atoms with Crippen LogP contribution in [0.5, 0.6) is 0 Å². The maximum absolute atomic E-state index is 11.8. The third kappa shape index (κ3) is 3.16. The van der Waals surface area contributed by atoms with Gasteiger partial charge in [0.2, 0.25) is 0 Å². The lowest BCUT2D eigenvalue weighted by atomic mass is 10.1. The van der Waals surface area contributed by atoms with Gasteiger partial charge in [-0.1, -0.05) is 6.92 Å². The minimum atomic E-state index is -0.612. The number of hydrogen-bond donors (Lipinski definition) is 1. The third-order valence-electron chi connectivity index (χ3n) is 2.24. The van der Waals surface area contributed by atoms with Crippen LogP contribution >= 0.6 is 23.2 Å². The van der Waals surface area contributed by atoms with E-state index in [0.29, 0.717) is 5.76 Å². The molecular formula is C11H15Cl2NO2. The first-order valence-corrected chi connectivity index (χ1v) is 6.14. The van der Waals surface area contributed by atoms with E-state index < -0.39 is 5.54 Å². The normalized spacial score (nSPS) is 11.5. The van der Waals surface area contributed by atoms with E-state index in [9.17, 15) is 4.79 Å². The minimum Gasteiger partial charge on any atom is -0.456 e. The molecule has 16 heavy (non-hydrogen) atoms. The summed E-state index contributed by atoms with van der Waals surface area (Å²) in [6, 6.07) is 3.44. The van der Waals surface area contributed by atoms with Crippen LogP contribution in [0.2, 0.25) is 0 Å². The van der Waals surface area contributed by atoms with Crippen LogP contribution in [0.3, 0.4) is 0 Å². The number of aryl methyl sites for hydroxylation is 1. The average Bonchev–Trinajstić information content (AvgIpc) is 2.77.